The monoisotopic (exact) mass is 326 g/mol. The molecule has 1 aromatic carbocycles. The molecule has 0 aliphatic heterocycles. The number of nitrogens with zero attached hydrogens (tertiary/aromatic N) is 2. The number of rotatable bonds is 5. The third-order valence-electron chi connectivity index (χ3n) is 3.38. The first-order valence-corrected chi connectivity index (χ1v) is 7.58. The Kier molecular flexibility index (Phi) is 4.68. The first kappa shape index (κ1) is 15.2. The Labute approximate surface area is 138 Å². The molecule has 0 aliphatic carbocycles. The number of carbonyl (C=O) groups is 1. The van der Waals surface area contributed by atoms with E-state index in [9.17, 15) is 4.79 Å². The van der Waals surface area contributed by atoms with Crippen LogP contribution in [0.5, 0.6) is 0 Å². The molecule has 2 aromatic heterocycles. The molecule has 3 rings (SSSR count). The lowest BCUT2D eigenvalue weighted by Crippen LogP contribution is -2.12. The van der Waals surface area contributed by atoms with Crippen LogP contribution in [0.2, 0.25) is 5.02 Å². The van der Waals surface area contributed by atoms with Gasteiger partial charge in [-0.25, -0.2) is 0 Å². The molecule has 0 unspecified atom stereocenters. The fraction of sp³-hybridized carbons (Fsp3) is 0.118. The normalized spacial score (nSPS) is 10.5. The van der Waals surface area contributed by atoms with Gasteiger partial charge in [-0.05, 0) is 36.2 Å². The van der Waals surface area contributed by atoms with E-state index in [1.165, 1.54) is 0 Å². The van der Waals surface area contributed by atoms with Gasteiger partial charge in [0.15, 0.2) is 0 Å². The SMILES string of the molecule is O=C(CCc1ccc(Cl)cc1)Nc1cc(-c2ccncc2)n[nH]1. The first-order valence-electron chi connectivity index (χ1n) is 7.21. The first-order chi connectivity index (χ1) is 11.2. The van der Waals surface area contributed by atoms with Gasteiger partial charge >= 0.3 is 0 Å². The van der Waals surface area contributed by atoms with Gasteiger partial charge in [-0.3, -0.25) is 14.9 Å². The zero-order chi connectivity index (χ0) is 16.1. The summed E-state index contributed by atoms with van der Waals surface area (Å²) >= 11 is 5.84. The van der Waals surface area contributed by atoms with Crippen molar-refractivity contribution in [2.45, 2.75) is 12.8 Å². The molecular weight excluding hydrogens is 312 g/mol. The van der Waals surface area contributed by atoms with Gasteiger partial charge in [0.05, 0.1) is 5.69 Å². The van der Waals surface area contributed by atoms with Crippen LogP contribution in [-0.2, 0) is 11.2 Å². The number of hydrogen-bond donors (Lipinski definition) is 2. The molecule has 2 N–H and O–H groups in total. The molecule has 0 saturated heterocycles. The summed E-state index contributed by atoms with van der Waals surface area (Å²) in [5.74, 6) is 0.516. The lowest BCUT2D eigenvalue weighted by molar-refractivity contribution is -0.116. The van der Waals surface area contributed by atoms with E-state index in [0.717, 1.165) is 16.8 Å². The third kappa shape index (κ3) is 4.17. The van der Waals surface area contributed by atoms with Gasteiger partial charge < -0.3 is 5.32 Å². The zero-order valence-corrected chi connectivity index (χ0v) is 13.0. The molecule has 5 nitrogen and oxygen atoms in total. The van der Waals surface area contributed by atoms with E-state index in [2.05, 4.69) is 20.5 Å². The van der Waals surface area contributed by atoms with Crippen molar-refractivity contribution in [2.24, 2.45) is 0 Å². The van der Waals surface area contributed by atoms with Crippen LogP contribution in [0.3, 0.4) is 0 Å². The van der Waals surface area contributed by atoms with E-state index in [1.807, 2.05) is 36.4 Å². The van der Waals surface area contributed by atoms with Crippen molar-refractivity contribution in [3.05, 3.63) is 65.4 Å². The van der Waals surface area contributed by atoms with E-state index >= 15 is 0 Å². The maximum atomic E-state index is 12.0. The second-order valence-corrected chi connectivity index (χ2v) is 5.51. The summed E-state index contributed by atoms with van der Waals surface area (Å²) in [5.41, 5.74) is 2.78. The molecule has 0 atom stereocenters. The summed E-state index contributed by atoms with van der Waals surface area (Å²) in [6, 6.07) is 13.0. The van der Waals surface area contributed by atoms with Crippen LogP contribution in [-0.4, -0.2) is 21.1 Å². The summed E-state index contributed by atoms with van der Waals surface area (Å²) in [7, 11) is 0. The van der Waals surface area contributed by atoms with Crippen molar-refractivity contribution in [3.63, 3.8) is 0 Å². The fourth-order valence-corrected chi connectivity index (χ4v) is 2.30. The number of halogens is 1. The molecule has 0 spiro atoms. The standard InChI is InChI=1S/C17H15ClN4O/c18-14-4-1-12(2-5-14)3-6-17(23)20-16-11-15(21-22-16)13-7-9-19-10-8-13/h1-2,4-5,7-11H,3,6H2,(H2,20,21,22,23). The molecule has 116 valence electrons. The van der Waals surface area contributed by atoms with Crippen molar-refractivity contribution < 1.29 is 4.79 Å². The van der Waals surface area contributed by atoms with Crippen molar-refractivity contribution in [2.75, 3.05) is 5.32 Å². The Morgan fingerprint density at radius 1 is 1.13 bits per heavy atom. The highest BCUT2D eigenvalue weighted by Crippen LogP contribution is 2.18. The van der Waals surface area contributed by atoms with Crippen LogP contribution in [0.1, 0.15) is 12.0 Å². The quantitative estimate of drug-likeness (QED) is 0.751. The van der Waals surface area contributed by atoms with Crippen LogP contribution in [0.15, 0.2) is 54.9 Å². The number of nitrogens with one attached hydrogen (secondary N) is 2. The summed E-state index contributed by atoms with van der Waals surface area (Å²) in [6.45, 7) is 0. The predicted octanol–water partition coefficient (Wildman–Crippen LogP) is 3.70. The van der Waals surface area contributed by atoms with Crippen molar-refractivity contribution in [1.29, 1.82) is 0 Å². The Hall–Kier alpha value is -2.66. The second kappa shape index (κ2) is 7.07. The molecule has 0 radical (unpaired) electrons. The van der Waals surface area contributed by atoms with Gasteiger partial charge in [-0.2, -0.15) is 5.10 Å². The highest BCUT2D eigenvalue weighted by atomic mass is 35.5. The number of hydrogen-bond acceptors (Lipinski definition) is 3. The molecule has 6 heteroatoms. The molecule has 1 amide bonds. The van der Waals surface area contributed by atoms with Crippen LogP contribution in [0.4, 0.5) is 5.82 Å². The van der Waals surface area contributed by atoms with Crippen LogP contribution in [0.25, 0.3) is 11.3 Å². The van der Waals surface area contributed by atoms with E-state index < -0.39 is 0 Å². The molecule has 23 heavy (non-hydrogen) atoms. The maximum Gasteiger partial charge on any atom is 0.225 e. The topological polar surface area (TPSA) is 70.7 Å². The maximum absolute atomic E-state index is 12.0. The summed E-state index contributed by atoms with van der Waals surface area (Å²) in [5, 5.41) is 10.5. The van der Waals surface area contributed by atoms with Crippen molar-refractivity contribution in [3.8, 4) is 11.3 Å². The number of amides is 1. The minimum atomic E-state index is -0.0649. The molecule has 2 heterocycles. The number of anilines is 1. The molecule has 0 bridgehead atoms. The fourth-order valence-electron chi connectivity index (χ4n) is 2.18. The van der Waals surface area contributed by atoms with E-state index in [-0.39, 0.29) is 5.91 Å². The lowest BCUT2D eigenvalue weighted by Gasteiger charge is -2.03. The Bertz CT molecular complexity index is 784. The minimum absolute atomic E-state index is 0.0649. The second-order valence-electron chi connectivity index (χ2n) is 5.08. The van der Waals surface area contributed by atoms with E-state index in [0.29, 0.717) is 23.7 Å². The largest absolute Gasteiger partial charge is 0.311 e. The van der Waals surface area contributed by atoms with E-state index in [1.54, 1.807) is 18.5 Å². The number of carbonyl (C=O) groups excluding carboxylic acids is 1. The van der Waals surface area contributed by atoms with Gasteiger partial charge in [0.2, 0.25) is 5.91 Å². The number of benzene rings is 1. The molecular formula is C17H15ClN4O. The van der Waals surface area contributed by atoms with Crippen LogP contribution >= 0.6 is 11.6 Å². The predicted molar refractivity (Wildman–Crippen MR) is 90.2 cm³/mol. The summed E-state index contributed by atoms with van der Waals surface area (Å²) in [6.07, 6.45) is 4.46. The number of aromatic nitrogens is 3. The molecule has 0 fully saturated rings. The van der Waals surface area contributed by atoms with Gasteiger partial charge in [-0.1, -0.05) is 23.7 Å². The highest BCUT2D eigenvalue weighted by Gasteiger charge is 2.07. The van der Waals surface area contributed by atoms with Gasteiger partial charge in [-0.15, -0.1) is 0 Å². The summed E-state index contributed by atoms with van der Waals surface area (Å²) in [4.78, 5) is 16.0. The summed E-state index contributed by atoms with van der Waals surface area (Å²) < 4.78 is 0. The molecule has 0 aliphatic rings. The number of pyridine rings is 1. The molecule has 0 saturated carbocycles. The Morgan fingerprint density at radius 3 is 2.61 bits per heavy atom. The van der Waals surface area contributed by atoms with Crippen molar-refractivity contribution in [1.82, 2.24) is 15.2 Å². The average Bonchev–Trinajstić information content (AvgIpc) is 3.04. The van der Waals surface area contributed by atoms with Crippen molar-refractivity contribution >= 4 is 23.3 Å². The number of H-pyrrole nitrogens is 1. The van der Waals surface area contributed by atoms with E-state index in [4.69, 9.17) is 11.6 Å². The average molecular weight is 327 g/mol. The lowest BCUT2D eigenvalue weighted by atomic mass is 10.1. The number of aryl methyl sites for hydroxylation is 1. The highest BCUT2D eigenvalue weighted by molar-refractivity contribution is 6.30. The number of aromatic amines is 1. The smallest absolute Gasteiger partial charge is 0.225 e. The zero-order valence-electron chi connectivity index (χ0n) is 12.3. The van der Waals surface area contributed by atoms with Crippen LogP contribution in [0, 0.1) is 0 Å². The third-order valence-corrected chi connectivity index (χ3v) is 3.63. The molecule has 3 aromatic rings. The van der Waals surface area contributed by atoms with Gasteiger partial charge in [0, 0.05) is 35.5 Å². The Morgan fingerprint density at radius 2 is 1.87 bits per heavy atom. The van der Waals surface area contributed by atoms with Gasteiger partial charge in [0.1, 0.15) is 5.82 Å². The van der Waals surface area contributed by atoms with Crippen LogP contribution < -0.4 is 5.32 Å². The Balaban J connectivity index is 1.56. The van der Waals surface area contributed by atoms with Gasteiger partial charge in [0.25, 0.3) is 0 Å². The minimum Gasteiger partial charge on any atom is -0.311 e.